The van der Waals surface area contributed by atoms with Gasteiger partial charge in [0.05, 0.1) is 0 Å². The minimum Gasteiger partial charge on any atom is -0.271 e. The Morgan fingerprint density at radius 2 is 1.76 bits per heavy atom. The van der Waals surface area contributed by atoms with Crippen molar-refractivity contribution in [1.29, 1.82) is 0 Å². The molecule has 1 aliphatic carbocycles. The monoisotopic (exact) mass is 424 g/mol. The maximum absolute atomic E-state index is 13.7. The average Bonchev–Trinajstić information content (AvgIpc) is 2.82. The maximum Gasteiger partial charge on any atom is 0.260 e. The molecule has 5 heteroatoms. The third-order valence-electron chi connectivity index (χ3n) is 6.10. The van der Waals surface area contributed by atoms with Crippen LogP contribution in [0, 0.1) is 13.8 Å². The number of hydrogen-bond donors (Lipinski definition) is 0. The minimum atomic E-state index is -0.582. The molecular formula is C24H25ClN2OS. The summed E-state index contributed by atoms with van der Waals surface area (Å²) in [6.45, 7) is 4.08. The fourth-order valence-electron chi connectivity index (χ4n) is 4.34. The van der Waals surface area contributed by atoms with Crippen molar-refractivity contribution < 1.29 is 4.79 Å². The van der Waals surface area contributed by atoms with Gasteiger partial charge in [0.1, 0.15) is 16.4 Å². The first kappa shape index (κ1) is 20.2. The smallest absolute Gasteiger partial charge is 0.260 e. The molecule has 1 amide bonds. The molecule has 2 aromatic carbocycles. The zero-order chi connectivity index (χ0) is 20.6. The summed E-state index contributed by atoms with van der Waals surface area (Å²) in [5, 5.41) is 0.641. The van der Waals surface area contributed by atoms with E-state index in [0.29, 0.717) is 21.3 Å². The van der Waals surface area contributed by atoms with Gasteiger partial charge in [-0.05, 0) is 74.9 Å². The Morgan fingerprint density at radius 3 is 2.41 bits per heavy atom. The number of rotatable bonds is 2. The van der Waals surface area contributed by atoms with Crippen molar-refractivity contribution >= 4 is 40.4 Å². The van der Waals surface area contributed by atoms with Gasteiger partial charge in [0.25, 0.3) is 5.91 Å². The fourth-order valence-corrected chi connectivity index (χ4v) is 4.95. The third kappa shape index (κ3) is 3.76. The second-order valence-electron chi connectivity index (χ2n) is 8.11. The van der Waals surface area contributed by atoms with Gasteiger partial charge in [-0.15, -0.1) is 0 Å². The van der Waals surface area contributed by atoms with Gasteiger partial charge in [-0.1, -0.05) is 54.9 Å². The summed E-state index contributed by atoms with van der Waals surface area (Å²) in [6.07, 6.45) is 6.11. The van der Waals surface area contributed by atoms with Crippen molar-refractivity contribution in [3.8, 4) is 0 Å². The Hall–Kier alpha value is -2.04. The number of thiocarbonyl (C=S) groups is 1. The quantitative estimate of drug-likeness (QED) is 0.531. The predicted molar refractivity (Wildman–Crippen MR) is 123 cm³/mol. The summed E-state index contributed by atoms with van der Waals surface area (Å²) in [5.74, 6) is -0.0548. The highest BCUT2D eigenvalue weighted by Crippen LogP contribution is 2.40. The minimum absolute atomic E-state index is 0.0548. The predicted octanol–water partition coefficient (Wildman–Crippen LogP) is 6.28. The van der Waals surface area contributed by atoms with Gasteiger partial charge in [-0.25, -0.2) is 0 Å². The molecule has 0 N–H and O–H groups in total. The Balaban J connectivity index is 1.79. The van der Waals surface area contributed by atoms with Gasteiger partial charge in [0.2, 0.25) is 0 Å². The molecule has 0 saturated heterocycles. The molecule has 0 unspecified atom stereocenters. The van der Waals surface area contributed by atoms with Crippen LogP contribution >= 0.6 is 23.8 Å². The second-order valence-corrected chi connectivity index (χ2v) is 8.94. The standard InChI is InChI=1S/C24H25ClN2OS/c1-16-10-11-19(14-17(16)2)22(28)27-23(29)21(18-8-7-9-20(25)15-18)26-24(27)12-5-3-4-6-13-24/h7-11,14-15H,3-6,12-13H2,1-2H3. The molecule has 1 fully saturated rings. The molecule has 2 aromatic rings. The third-order valence-corrected chi connectivity index (χ3v) is 6.71. The van der Waals surface area contributed by atoms with E-state index in [0.717, 1.165) is 36.8 Å². The number of amides is 1. The normalized spacial score (nSPS) is 18.7. The van der Waals surface area contributed by atoms with Crippen molar-refractivity contribution in [3.05, 3.63) is 69.7 Å². The molecule has 29 heavy (non-hydrogen) atoms. The molecule has 3 nitrogen and oxygen atoms in total. The van der Waals surface area contributed by atoms with Crippen molar-refractivity contribution in [2.24, 2.45) is 4.99 Å². The number of carbonyl (C=O) groups is 1. The van der Waals surface area contributed by atoms with Crippen molar-refractivity contribution in [1.82, 2.24) is 4.90 Å². The van der Waals surface area contributed by atoms with E-state index >= 15 is 0 Å². The van der Waals surface area contributed by atoms with Crippen LogP contribution in [-0.4, -0.2) is 27.2 Å². The van der Waals surface area contributed by atoms with E-state index in [-0.39, 0.29) is 5.91 Å². The van der Waals surface area contributed by atoms with E-state index in [1.807, 2.05) is 49.4 Å². The van der Waals surface area contributed by atoms with Gasteiger partial charge in [0.15, 0.2) is 0 Å². The molecule has 1 spiro atoms. The number of aryl methyl sites for hydroxylation is 2. The highest BCUT2D eigenvalue weighted by Gasteiger charge is 2.48. The molecule has 1 saturated carbocycles. The first-order valence-electron chi connectivity index (χ1n) is 10.2. The molecule has 2 aliphatic rings. The van der Waals surface area contributed by atoms with E-state index < -0.39 is 5.66 Å². The van der Waals surface area contributed by atoms with E-state index in [4.69, 9.17) is 28.8 Å². The zero-order valence-corrected chi connectivity index (χ0v) is 18.4. The molecule has 4 rings (SSSR count). The van der Waals surface area contributed by atoms with E-state index in [9.17, 15) is 4.79 Å². The summed E-state index contributed by atoms with van der Waals surface area (Å²) < 4.78 is 0. The number of nitrogens with zero attached hydrogens (tertiary/aromatic N) is 2. The van der Waals surface area contributed by atoms with Crippen LogP contribution in [-0.2, 0) is 0 Å². The lowest BCUT2D eigenvalue weighted by molar-refractivity contribution is 0.0691. The van der Waals surface area contributed by atoms with E-state index in [2.05, 4.69) is 6.92 Å². The van der Waals surface area contributed by atoms with E-state index in [1.165, 1.54) is 18.4 Å². The summed E-state index contributed by atoms with van der Waals surface area (Å²) in [7, 11) is 0. The number of hydrogen-bond acceptors (Lipinski definition) is 3. The topological polar surface area (TPSA) is 32.7 Å². The van der Waals surface area contributed by atoms with Crippen molar-refractivity contribution in [3.63, 3.8) is 0 Å². The van der Waals surface area contributed by atoms with Gasteiger partial charge in [-0.3, -0.25) is 14.7 Å². The van der Waals surface area contributed by atoms with Crippen LogP contribution in [0.25, 0.3) is 0 Å². The zero-order valence-electron chi connectivity index (χ0n) is 16.9. The van der Waals surface area contributed by atoms with Crippen LogP contribution in [0.4, 0.5) is 0 Å². The SMILES string of the molecule is Cc1ccc(C(=O)N2C(=S)C(c3cccc(Cl)c3)=NC23CCCCCC3)cc1C. The molecule has 0 aromatic heterocycles. The Kier molecular flexibility index (Phi) is 5.58. The number of halogens is 1. The first-order chi connectivity index (χ1) is 13.9. The van der Waals surface area contributed by atoms with E-state index in [1.54, 1.807) is 4.90 Å². The molecule has 1 aliphatic heterocycles. The highest BCUT2D eigenvalue weighted by molar-refractivity contribution is 7.82. The lowest BCUT2D eigenvalue weighted by Gasteiger charge is -2.35. The maximum atomic E-state index is 13.7. The Morgan fingerprint density at radius 1 is 1.03 bits per heavy atom. The van der Waals surface area contributed by atoms with Gasteiger partial charge >= 0.3 is 0 Å². The summed E-state index contributed by atoms with van der Waals surface area (Å²) in [6, 6.07) is 13.4. The molecule has 0 bridgehead atoms. The van der Waals surface area contributed by atoms with Gasteiger partial charge in [-0.2, -0.15) is 0 Å². The highest BCUT2D eigenvalue weighted by atomic mass is 35.5. The van der Waals surface area contributed by atoms with Crippen LogP contribution in [0.3, 0.4) is 0 Å². The van der Waals surface area contributed by atoms with Crippen LogP contribution in [0.1, 0.15) is 65.6 Å². The lowest BCUT2D eigenvalue weighted by atomic mass is 9.98. The number of carbonyl (C=O) groups excluding carboxylic acids is 1. The molecule has 150 valence electrons. The summed E-state index contributed by atoms with van der Waals surface area (Å²) >= 11 is 12.1. The molecule has 0 atom stereocenters. The summed E-state index contributed by atoms with van der Waals surface area (Å²) in [5.41, 5.74) is 3.95. The second kappa shape index (κ2) is 8.00. The van der Waals surface area contributed by atoms with Gasteiger partial charge in [0, 0.05) is 16.1 Å². The van der Waals surface area contributed by atoms with Crippen LogP contribution < -0.4 is 0 Å². The molecule has 1 heterocycles. The largest absolute Gasteiger partial charge is 0.271 e. The fraction of sp³-hybridized carbons (Fsp3) is 0.375. The first-order valence-corrected chi connectivity index (χ1v) is 11.0. The van der Waals surface area contributed by atoms with Crippen LogP contribution in [0.15, 0.2) is 47.5 Å². The van der Waals surface area contributed by atoms with Crippen LogP contribution in [0.2, 0.25) is 5.02 Å². The number of aliphatic imine (C=N–C) groups is 1. The van der Waals surface area contributed by atoms with Crippen LogP contribution in [0.5, 0.6) is 0 Å². The average molecular weight is 425 g/mol. The number of benzene rings is 2. The molecule has 0 radical (unpaired) electrons. The lowest BCUT2D eigenvalue weighted by Crippen LogP contribution is -2.49. The van der Waals surface area contributed by atoms with Crippen molar-refractivity contribution in [2.75, 3.05) is 0 Å². The molecular weight excluding hydrogens is 400 g/mol. The Bertz CT molecular complexity index is 1010. The Labute approximate surface area is 182 Å². The van der Waals surface area contributed by atoms with Crippen molar-refractivity contribution in [2.45, 2.75) is 58.0 Å². The summed E-state index contributed by atoms with van der Waals surface area (Å²) in [4.78, 5) is 21.1. The van der Waals surface area contributed by atoms with Gasteiger partial charge < -0.3 is 0 Å².